The van der Waals surface area contributed by atoms with Gasteiger partial charge in [0.2, 0.25) is 5.91 Å². The summed E-state index contributed by atoms with van der Waals surface area (Å²) in [4.78, 5) is 12.5. The number of carbonyl (C=O) groups excluding carboxylic acids is 1. The van der Waals surface area contributed by atoms with E-state index in [1.807, 2.05) is 78.2 Å². The van der Waals surface area contributed by atoms with Crippen molar-refractivity contribution in [1.29, 1.82) is 0 Å². The van der Waals surface area contributed by atoms with E-state index in [0.29, 0.717) is 24.9 Å². The second kappa shape index (κ2) is 12.1. The van der Waals surface area contributed by atoms with E-state index in [1.165, 1.54) is 17.3 Å². The number of amides is 1. The second-order valence-electron chi connectivity index (χ2n) is 7.93. The van der Waals surface area contributed by atoms with Crippen molar-refractivity contribution in [2.75, 3.05) is 17.7 Å². The van der Waals surface area contributed by atoms with Crippen molar-refractivity contribution in [3.8, 4) is 11.4 Å². The molecule has 35 heavy (non-hydrogen) atoms. The van der Waals surface area contributed by atoms with Crippen LogP contribution in [-0.4, -0.2) is 33.0 Å². The van der Waals surface area contributed by atoms with Gasteiger partial charge >= 0.3 is 0 Å². The zero-order chi connectivity index (χ0) is 24.5. The van der Waals surface area contributed by atoms with Gasteiger partial charge in [-0.3, -0.25) is 9.36 Å². The van der Waals surface area contributed by atoms with E-state index in [2.05, 4.69) is 39.9 Å². The number of nitrogens with zero attached hydrogens (tertiary/aromatic N) is 3. The summed E-state index contributed by atoms with van der Waals surface area (Å²) in [6.07, 6.45) is 0. The average Bonchev–Trinajstić information content (AvgIpc) is 3.30. The van der Waals surface area contributed by atoms with Crippen molar-refractivity contribution in [2.45, 2.75) is 32.1 Å². The Morgan fingerprint density at radius 1 is 0.943 bits per heavy atom. The summed E-state index contributed by atoms with van der Waals surface area (Å²) in [5.74, 6) is 1.80. The summed E-state index contributed by atoms with van der Waals surface area (Å²) in [7, 11) is 0. The van der Waals surface area contributed by atoms with Crippen LogP contribution in [0.5, 0.6) is 5.75 Å². The lowest BCUT2D eigenvalue weighted by molar-refractivity contribution is -0.118. The minimum absolute atomic E-state index is 0.0497. The summed E-state index contributed by atoms with van der Waals surface area (Å²) in [6.45, 7) is 5.64. The van der Waals surface area contributed by atoms with E-state index in [9.17, 15) is 4.79 Å². The van der Waals surface area contributed by atoms with E-state index in [1.54, 1.807) is 0 Å². The molecule has 4 rings (SSSR count). The van der Waals surface area contributed by atoms with E-state index in [0.717, 1.165) is 28.5 Å². The number of hydrogen-bond donors (Lipinski definition) is 2. The largest absolute Gasteiger partial charge is 0.494 e. The lowest BCUT2D eigenvalue weighted by Crippen LogP contribution is -2.24. The zero-order valence-corrected chi connectivity index (χ0v) is 20.7. The van der Waals surface area contributed by atoms with Crippen molar-refractivity contribution in [2.24, 2.45) is 0 Å². The molecule has 0 bridgehead atoms. The Bertz CT molecular complexity index is 1220. The average molecular weight is 488 g/mol. The highest BCUT2D eigenvalue weighted by Gasteiger charge is 2.16. The number of rotatable bonds is 11. The standard InChI is InChI=1S/C27H29N5O2S/c1-3-34-24-15-11-22(12-16-24)28-18-25-30-31-27(32(25)23-13-9-20(2)10-14-23)35-19-26(33)29-17-21-7-5-4-6-8-21/h4-16,28H,3,17-19H2,1-2H3,(H,29,33). The van der Waals surface area contributed by atoms with Gasteiger partial charge in [0.25, 0.3) is 0 Å². The molecule has 0 saturated heterocycles. The molecular formula is C27H29N5O2S. The number of anilines is 1. The Balaban J connectivity index is 1.44. The predicted octanol–water partition coefficient (Wildman–Crippen LogP) is 5.00. The normalized spacial score (nSPS) is 10.7. The molecule has 3 aromatic carbocycles. The number of hydrogen-bond acceptors (Lipinski definition) is 6. The van der Waals surface area contributed by atoms with Crippen LogP contribution >= 0.6 is 11.8 Å². The Labute approximate surface area is 209 Å². The molecular weight excluding hydrogens is 458 g/mol. The molecule has 0 aliphatic heterocycles. The maximum absolute atomic E-state index is 12.5. The van der Waals surface area contributed by atoms with Gasteiger partial charge in [-0.25, -0.2) is 0 Å². The number of ether oxygens (including phenoxy) is 1. The van der Waals surface area contributed by atoms with Gasteiger partial charge in [0, 0.05) is 17.9 Å². The summed E-state index contributed by atoms with van der Waals surface area (Å²) in [5.41, 5.74) is 4.15. The highest BCUT2D eigenvalue weighted by Crippen LogP contribution is 2.23. The number of nitrogens with one attached hydrogen (secondary N) is 2. The highest BCUT2D eigenvalue weighted by molar-refractivity contribution is 7.99. The molecule has 8 heteroatoms. The fourth-order valence-corrected chi connectivity index (χ4v) is 4.26. The van der Waals surface area contributed by atoms with Crippen LogP contribution in [0.4, 0.5) is 5.69 Å². The first-order valence-corrected chi connectivity index (χ1v) is 12.5. The lowest BCUT2D eigenvalue weighted by atomic mass is 10.2. The second-order valence-corrected chi connectivity index (χ2v) is 8.87. The molecule has 7 nitrogen and oxygen atoms in total. The minimum atomic E-state index is -0.0497. The molecule has 2 N–H and O–H groups in total. The number of aromatic nitrogens is 3. The number of benzene rings is 3. The van der Waals surface area contributed by atoms with Crippen LogP contribution in [-0.2, 0) is 17.9 Å². The first kappa shape index (κ1) is 24.3. The Morgan fingerprint density at radius 3 is 2.40 bits per heavy atom. The van der Waals surface area contributed by atoms with Crippen LogP contribution in [0.1, 0.15) is 23.9 Å². The van der Waals surface area contributed by atoms with Crippen LogP contribution in [0.15, 0.2) is 84.0 Å². The summed E-state index contributed by atoms with van der Waals surface area (Å²) < 4.78 is 7.51. The maximum atomic E-state index is 12.5. The molecule has 1 aromatic heterocycles. The highest BCUT2D eigenvalue weighted by atomic mass is 32.2. The molecule has 0 aliphatic carbocycles. The third kappa shape index (κ3) is 6.86. The molecule has 0 fully saturated rings. The molecule has 0 unspecified atom stereocenters. The van der Waals surface area contributed by atoms with Gasteiger partial charge in [0.05, 0.1) is 18.9 Å². The summed E-state index contributed by atoms with van der Waals surface area (Å²) in [6, 6.07) is 25.9. The maximum Gasteiger partial charge on any atom is 0.230 e. The fraction of sp³-hybridized carbons (Fsp3) is 0.222. The minimum Gasteiger partial charge on any atom is -0.494 e. The molecule has 4 aromatic rings. The number of aryl methyl sites for hydroxylation is 1. The Kier molecular flexibility index (Phi) is 8.40. The van der Waals surface area contributed by atoms with Gasteiger partial charge in [0.15, 0.2) is 11.0 Å². The smallest absolute Gasteiger partial charge is 0.230 e. The van der Waals surface area contributed by atoms with Crippen molar-refractivity contribution >= 4 is 23.4 Å². The van der Waals surface area contributed by atoms with Gasteiger partial charge in [-0.2, -0.15) is 0 Å². The lowest BCUT2D eigenvalue weighted by Gasteiger charge is -2.12. The molecule has 1 heterocycles. The van der Waals surface area contributed by atoms with Crippen LogP contribution in [0.3, 0.4) is 0 Å². The molecule has 0 saturated carbocycles. The van der Waals surface area contributed by atoms with Crippen molar-refractivity contribution < 1.29 is 9.53 Å². The molecule has 0 spiro atoms. The Morgan fingerprint density at radius 2 is 1.69 bits per heavy atom. The quantitative estimate of drug-likeness (QED) is 0.290. The molecule has 0 aliphatic rings. The van der Waals surface area contributed by atoms with Gasteiger partial charge in [0.1, 0.15) is 5.75 Å². The fourth-order valence-electron chi connectivity index (χ4n) is 3.46. The van der Waals surface area contributed by atoms with Crippen LogP contribution in [0, 0.1) is 6.92 Å². The number of thioether (sulfide) groups is 1. The van der Waals surface area contributed by atoms with E-state index in [4.69, 9.17) is 4.74 Å². The first-order valence-electron chi connectivity index (χ1n) is 11.5. The first-order chi connectivity index (χ1) is 17.1. The number of carbonyl (C=O) groups is 1. The van der Waals surface area contributed by atoms with Crippen LogP contribution in [0.25, 0.3) is 5.69 Å². The summed E-state index contributed by atoms with van der Waals surface area (Å²) in [5, 5.41) is 15.9. The third-order valence-electron chi connectivity index (χ3n) is 5.27. The van der Waals surface area contributed by atoms with Gasteiger partial charge in [-0.05, 0) is 55.8 Å². The monoisotopic (exact) mass is 487 g/mol. The molecule has 1 amide bonds. The van der Waals surface area contributed by atoms with Gasteiger partial charge < -0.3 is 15.4 Å². The SMILES string of the molecule is CCOc1ccc(NCc2nnc(SCC(=O)NCc3ccccc3)n2-c2ccc(C)cc2)cc1. The van der Waals surface area contributed by atoms with Crippen molar-refractivity contribution in [3.05, 3.63) is 95.8 Å². The van der Waals surface area contributed by atoms with E-state index in [-0.39, 0.29) is 11.7 Å². The molecule has 0 atom stereocenters. The van der Waals surface area contributed by atoms with Crippen LogP contribution < -0.4 is 15.4 Å². The van der Waals surface area contributed by atoms with E-state index < -0.39 is 0 Å². The van der Waals surface area contributed by atoms with E-state index >= 15 is 0 Å². The van der Waals surface area contributed by atoms with Gasteiger partial charge in [-0.1, -0.05) is 59.8 Å². The van der Waals surface area contributed by atoms with Crippen molar-refractivity contribution in [1.82, 2.24) is 20.1 Å². The van der Waals surface area contributed by atoms with Crippen molar-refractivity contribution in [3.63, 3.8) is 0 Å². The molecule has 0 radical (unpaired) electrons. The predicted molar refractivity (Wildman–Crippen MR) is 140 cm³/mol. The zero-order valence-electron chi connectivity index (χ0n) is 19.9. The van der Waals surface area contributed by atoms with Gasteiger partial charge in [-0.15, -0.1) is 10.2 Å². The van der Waals surface area contributed by atoms with Crippen LogP contribution in [0.2, 0.25) is 0 Å². The Hall–Kier alpha value is -3.78. The molecule has 180 valence electrons. The topological polar surface area (TPSA) is 81.1 Å². The summed E-state index contributed by atoms with van der Waals surface area (Å²) >= 11 is 1.37. The third-order valence-corrected chi connectivity index (χ3v) is 6.20.